The van der Waals surface area contributed by atoms with Gasteiger partial charge in [0.15, 0.2) is 0 Å². The van der Waals surface area contributed by atoms with Crippen LogP contribution in [0.4, 0.5) is 10.1 Å². The van der Waals surface area contributed by atoms with E-state index in [9.17, 15) is 30.8 Å². The molecule has 228 valence electrons. The van der Waals surface area contributed by atoms with Crippen LogP contribution in [0.2, 0.25) is 5.02 Å². The Kier molecular flexibility index (Phi) is 8.14. The average Bonchev–Trinajstić information content (AvgIpc) is 3.24. The number of aryl methyl sites for hydroxylation is 1. The first-order valence-corrected chi connectivity index (χ1v) is 16.8. The van der Waals surface area contributed by atoms with Crippen LogP contribution in [0.25, 0.3) is 22.0 Å². The van der Waals surface area contributed by atoms with Crippen molar-refractivity contribution in [2.24, 2.45) is 0 Å². The van der Waals surface area contributed by atoms with Crippen LogP contribution < -0.4 is 15.0 Å². The second kappa shape index (κ2) is 11.6. The monoisotopic (exact) mass is 656 g/mol. The molecule has 10 nitrogen and oxygen atoms in total. The van der Waals surface area contributed by atoms with Crippen LogP contribution in [0.15, 0.2) is 82.6 Å². The molecule has 0 spiro atoms. The highest BCUT2D eigenvalue weighted by Gasteiger charge is 2.30. The largest absolute Gasteiger partial charge is 0.331 e. The van der Waals surface area contributed by atoms with Crippen molar-refractivity contribution in [1.82, 2.24) is 14.3 Å². The zero-order valence-electron chi connectivity index (χ0n) is 23.6. The summed E-state index contributed by atoms with van der Waals surface area (Å²) in [6.07, 6.45) is 2.33. The third-order valence-corrected chi connectivity index (χ3v) is 9.22. The minimum Gasteiger partial charge on any atom is -0.331 e. The lowest BCUT2D eigenvalue weighted by atomic mass is 10.0. The zero-order valence-corrected chi connectivity index (χ0v) is 26.0. The predicted molar refractivity (Wildman–Crippen MR) is 168 cm³/mol. The fourth-order valence-corrected chi connectivity index (χ4v) is 6.78. The molecule has 44 heavy (non-hydrogen) atoms. The summed E-state index contributed by atoms with van der Waals surface area (Å²) in [7, 11) is -8.36. The van der Waals surface area contributed by atoms with E-state index in [2.05, 4.69) is 14.4 Å². The normalized spacial score (nSPS) is 11.9. The number of carbonyl (C=O) groups excluding carboxylic acids is 1. The maximum Gasteiger partial charge on any atom is 0.282 e. The summed E-state index contributed by atoms with van der Waals surface area (Å²) in [4.78, 5) is 29.3. The van der Waals surface area contributed by atoms with Crippen LogP contribution in [0, 0.1) is 19.7 Å². The van der Waals surface area contributed by atoms with Gasteiger partial charge in [-0.05, 0) is 73.5 Å². The second-order valence-corrected chi connectivity index (χ2v) is 14.1. The van der Waals surface area contributed by atoms with E-state index in [0.29, 0.717) is 22.0 Å². The first-order valence-electron chi connectivity index (χ1n) is 13.1. The molecule has 0 unspecified atom stereocenters. The molecule has 3 aromatic carbocycles. The fourth-order valence-electron chi connectivity index (χ4n) is 4.93. The molecule has 1 amide bonds. The molecular formula is C30H26ClFN4O6S2. The quantitative estimate of drug-likeness (QED) is 0.216. The summed E-state index contributed by atoms with van der Waals surface area (Å²) in [6, 6.07) is 16.0. The number of nitrogens with one attached hydrogen (secondary N) is 3. The topological polar surface area (TPSA) is 147 Å². The van der Waals surface area contributed by atoms with Crippen LogP contribution in [0.5, 0.6) is 0 Å². The molecule has 2 aromatic heterocycles. The van der Waals surface area contributed by atoms with Crippen molar-refractivity contribution in [3.8, 4) is 11.1 Å². The van der Waals surface area contributed by atoms with E-state index in [1.165, 1.54) is 47.2 Å². The van der Waals surface area contributed by atoms with Gasteiger partial charge in [-0.15, -0.1) is 0 Å². The Hall–Kier alpha value is -4.46. The molecule has 0 fully saturated rings. The van der Waals surface area contributed by atoms with Gasteiger partial charge in [0.1, 0.15) is 11.5 Å². The molecule has 5 rings (SSSR count). The average molecular weight is 657 g/mol. The fraction of sp³-hybridized carbons (Fsp3) is 0.133. The Labute approximate surface area is 257 Å². The van der Waals surface area contributed by atoms with Crippen LogP contribution in [0.1, 0.15) is 27.2 Å². The van der Waals surface area contributed by atoms with Crippen molar-refractivity contribution in [3.63, 3.8) is 0 Å². The van der Waals surface area contributed by atoms with Crippen molar-refractivity contribution in [2.45, 2.75) is 25.3 Å². The molecule has 2 heterocycles. The number of H-pyrrole nitrogens is 1. The smallest absolute Gasteiger partial charge is 0.282 e. The van der Waals surface area contributed by atoms with Gasteiger partial charge in [-0.25, -0.2) is 25.9 Å². The molecule has 0 radical (unpaired) electrons. The van der Waals surface area contributed by atoms with Crippen LogP contribution in [-0.4, -0.2) is 38.5 Å². The minimum atomic E-state index is -4.61. The molecule has 0 aliphatic carbocycles. The summed E-state index contributed by atoms with van der Waals surface area (Å²) < 4.78 is 71.7. The lowest BCUT2D eigenvalue weighted by Crippen LogP contribution is -2.33. The van der Waals surface area contributed by atoms with Gasteiger partial charge in [-0.3, -0.25) is 14.3 Å². The third-order valence-electron chi connectivity index (χ3n) is 7.09. The molecule has 3 N–H and O–H groups in total. The summed E-state index contributed by atoms with van der Waals surface area (Å²) in [5.41, 5.74) is 0.928. The highest BCUT2D eigenvalue weighted by molar-refractivity contribution is 7.92. The molecule has 5 aromatic rings. The van der Waals surface area contributed by atoms with Gasteiger partial charge in [0.25, 0.3) is 21.5 Å². The van der Waals surface area contributed by atoms with E-state index in [1.54, 1.807) is 38.1 Å². The molecular weight excluding hydrogens is 631 g/mol. The highest BCUT2D eigenvalue weighted by atomic mass is 35.5. The van der Waals surface area contributed by atoms with Gasteiger partial charge in [0.2, 0.25) is 10.0 Å². The number of aromatic nitrogens is 2. The van der Waals surface area contributed by atoms with E-state index < -0.39 is 37.3 Å². The number of anilines is 1. The molecule has 0 atom stereocenters. The van der Waals surface area contributed by atoms with Crippen molar-refractivity contribution < 1.29 is 26.0 Å². The second-order valence-electron chi connectivity index (χ2n) is 10.2. The van der Waals surface area contributed by atoms with Gasteiger partial charge < -0.3 is 9.55 Å². The molecule has 0 aliphatic heterocycles. The van der Waals surface area contributed by atoms with E-state index in [1.807, 2.05) is 0 Å². The number of benzene rings is 3. The van der Waals surface area contributed by atoms with Crippen LogP contribution >= 0.6 is 11.6 Å². The maximum atomic E-state index is 14.8. The van der Waals surface area contributed by atoms with Crippen molar-refractivity contribution in [3.05, 3.63) is 117 Å². The molecule has 14 heteroatoms. The number of fused-ring (bicyclic) bond motifs is 1. The van der Waals surface area contributed by atoms with Gasteiger partial charge in [-0.1, -0.05) is 29.8 Å². The van der Waals surface area contributed by atoms with Gasteiger partial charge >= 0.3 is 0 Å². The Morgan fingerprint density at radius 1 is 1.00 bits per heavy atom. The third kappa shape index (κ3) is 6.11. The summed E-state index contributed by atoms with van der Waals surface area (Å²) in [6.45, 7) is 3.03. The SMILES string of the molecule is Cc1cc(S(=O)(=O)NC(=O)c2c(-c3ccc[nH]c3=O)c3cc(Cl)ccc3n2Cc2ccccc2F)cc(NS(C)(=O)=O)c1C. The Morgan fingerprint density at radius 2 is 1.73 bits per heavy atom. The van der Waals surface area contributed by atoms with Gasteiger partial charge in [0, 0.05) is 38.8 Å². The van der Waals surface area contributed by atoms with Crippen molar-refractivity contribution in [2.75, 3.05) is 11.0 Å². The van der Waals surface area contributed by atoms with Crippen LogP contribution in [0.3, 0.4) is 0 Å². The first-order chi connectivity index (χ1) is 20.7. The Morgan fingerprint density at radius 3 is 2.41 bits per heavy atom. The number of hydrogen-bond acceptors (Lipinski definition) is 6. The molecule has 0 saturated heterocycles. The molecule has 0 saturated carbocycles. The number of nitrogens with zero attached hydrogens (tertiary/aromatic N) is 1. The molecule has 0 bridgehead atoms. The number of carbonyl (C=O) groups is 1. The number of sulfonamides is 2. The lowest BCUT2D eigenvalue weighted by Gasteiger charge is -2.16. The highest BCUT2D eigenvalue weighted by Crippen LogP contribution is 2.36. The Balaban J connectivity index is 1.73. The van der Waals surface area contributed by atoms with Gasteiger partial charge in [0.05, 0.1) is 23.4 Å². The minimum absolute atomic E-state index is 0.0279. The summed E-state index contributed by atoms with van der Waals surface area (Å²) >= 11 is 6.32. The van der Waals surface area contributed by atoms with Crippen LogP contribution in [-0.2, 0) is 26.6 Å². The number of hydrogen-bond donors (Lipinski definition) is 3. The number of pyridine rings is 1. The Bertz CT molecular complexity index is 2250. The number of aromatic amines is 1. The lowest BCUT2D eigenvalue weighted by molar-refractivity contribution is 0.0974. The van der Waals surface area contributed by atoms with Crippen molar-refractivity contribution in [1.29, 1.82) is 0 Å². The zero-order chi connectivity index (χ0) is 32.0. The van der Waals surface area contributed by atoms with E-state index >= 15 is 0 Å². The standard InChI is InChI=1S/C30H26ClFN4O6S2/c1-17-13-21(15-25(18(17)2)34-43(3,39)40)44(41,42)35-30(38)28-27(22-8-6-12-33-29(22)37)23-14-20(31)10-11-26(23)36(28)16-19-7-4-5-9-24(19)32/h4-15,34H,16H2,1-3H3,(H,33,37)(H,35,38). The van der Waals surface area contributed by atoms with Crippen molar-refractivity contribution >= 4 is 54.1 Å². The van der Waals surface area contributed by atoms with E-state index in [0.717, 1.165) is 12.3 Å². The number of amides is 1. The number of rotatable bonds is 8. The first kappa shape index (κ1) is 31.0. The predicted octanol–water partition coefficient (Wildman–Crippen LogP) is 4.94. The van der Waals surface area contributed by atoms with E-state index in [-0.39, 0.29) is 44.5 Å². The summed E-state index contributed by atoms with van der Waals surface area (Å²) in [5.74, 6) is -1.66. The van der Waals surface area contributed by atoms with E-state index in [4.69, 9.17) is 11.6 Å². The van der Waals surface area contributed by atoms with Gasteiger partial charge in [-0.2, -0.15) is 0 Å². The number of halogens is 2. The summed E-state index contributed by atoms with van der Waals surface area (Å²) in [5, 5.41) is 0.647. The maximum absolute atomic E-state index is 14.8. The molecule has 0 aliphatic rings.